The molecule has 0 aromatic rings. The summed E-state index contributed by atoms with van der Waals surface area (Å²) in [4.78, 5) is 18.3. The Morgan fingerprint density at radius 1 is 0.970 bits per heavy atom. The summed E-state index contributed by atoms with van der Waals surface area (Å²) in [7, 11) is 4.05. The molecule has 0 radical (unpaired) electrons. The molecule has 5 nitrogen and oxygen atoms in total. The van der Waals surface area contributed by atoms with Crippen LogP contribution < -0.4 is 0 Å². The van der Waals surface area contributed by atoms with E-state index in [1.54, 1.807) is 0 Å². The highest BCUT2D eigenvalue weighted by Crippen LogP contribution is 2.68. The van der Waals surface area contributed by atoms with Crippen molar-refractivity contribution in [2.45, 2.75) is 77.2 Å². The van der Waals surface area contributed by atoms with E-state index < -0.39 is 5.60 Å². The summed E-state index contributed by atoms with van der Waals surface area (Å²) >= 11 is 0. The van der Waals surface area contributed by atoms with Gasteiger partial charge in [-0.05, 0) is 106 Å². The molecular formula is C28H48N2O3. The van der Waals surface area contributed by atoms with Crippen molar-refractivity contribution in [2.75, 3.05) is 53.5 Å². The molecule has 0 amide bonds. The fourth-order valence-electron chi connectivity index (χ4n) is 9.65. The first kappa shape index (κ1) is 24.2. The van der Waals surface area contributed by atoms with Gasteiger partial charge in [-0.15, -0.1) is 0 Å². The van der Waals surface area contributed by atoms with Crippen LogP contribution in [-0.4, -0.2) is 79.8 Å². The smallest absolute Gasteiger partial charge is 0.150 e. The summed E-state index contributed by atoms with van der Waals surface area (Å²) in [6.45, 7) is 10.3. The maximum Gasteiger partial charge on any atom is 0.150 e. The van der Waals surface area contributed by atoms with Gasteiger partial charge in [0.15, 0.2) is 0 Å². The maximum atomic E-state index is 13.6. The first-order chi connectivity index (χ1) is 15.7. The third-order valence-electron chi connectivity index (χ3n) is 11.4. The van der Waals surface area contributed by atoms with E-state index >= 15 is 0 Å². The number of likely N-dealkylation sites (N-methyl/N-ethyl adjacent to an activating group) is 1. The van der Waals surface area contributed by atoms with Gasteiger partial charge < -0.3 is 14.7 Å². The number of Topliss-reactive ketones (excluding diaryl/α,β-unsaturated/α-hetero) is 1. The van der Waals surface area contributed by atoms with Crippen LogP contribution in [0.4, 0.5) is 0 Å². The number of piperazine rings is 1. The summed E-state index contributed by atoms with van der Waals surface area (Å²) < 4.78 is 5.90. The fourth-order valence-corrected chi connectivity index (χ4v) is 9.65. The third-order valence-corrected chi connectivity index (χ3v) is 11.4. The fraction of sp³-hybridized carbons (Fsp3) is 0.964. The maximum absolute atomic E-state index is 13.6. The Balaban J connectivity index is 1.32. The molecule has 1 unspecified atom stereocenters. The average molecular weight is 461 g/mol. The number of hydrogen-bond acceptors (Lipinski definition) is 5. The Morgan fingerprint density at radius 2 is 1.73 bits per heavy atom. The van der Waals surface area contributed by atoms with Crippen LogP contribution in [0.1, 0.15) is 71.6 Å². The van der Waals surface area contributed by atoms with Gasteiger partial charge in [0.05, 0.1) is 18.8 Å². The number of ether oxygens (including phenoxy) is 1. The molecule has 5 rings (SSSR count). The zero-order valence-corrected chi connectivity index (χ0v) is 21.7. The third kappa shape index (κ3) is 4.13. The van der Waals surface area contributed by atoms with Crippen molar-refractivity contribution in [3.05, 3.63) is 0 Å². The van der Waals surface area contributed by atoms with E-state index in [0.717, 1.165) is 64.4 Å². The molecule has 0 aromatic carbocycles. The van der Waals surface area contributed by atoms with Crippen LogP contribution in [0.2, 0.25) is 0 Å². The summed E-state index contributed by atoms with van der Waals surface area (Å²) in [5.74, 6) is 3.50. The minimum atomic E-state index is -0.508. The highest BCUT2D eigenvalue weighted by atomic mass is 16.5. The highest BCUT2D eigenvalue weighted by molar-refractivity contribution is 5.84. The van der Waals surface area contributed by atoms with Crippen molar-refractivity contribution in [1.82, 2.24) is 9.80 Å². The molecule has 1 heterocycles. The van der Waals surface area contributed by atoms with E-state index in [-0.39, 0.29) is 16.7 Å². The van der Waals surface area contributed by atoms with Crippen molar-refractivity contribution in [2.24, 2.45) is 40.4 Å². The Labute approximate surface area is 201 Å². The Hall–Kier alpha value is -0.490. The first-order valence-electron chi connectivity index (χ1n) is 13.8. The first-order valence-corrected chi connectivity index (χ1v) is 13.8. The lowest BCUT2D eigenvalue weighted by Crippen LogP contribution is -2.58. The molecule has 5 heteroatoms. The van der Waals surface area contributed by atoms with Crippen LogP contribution in [0.3, 0.4) is 0 Å². The predicted molar refractivity (Wildman–Crippen MR) is 131 cm³/mol. The van der Waals surface area contributed by atoms with Crippen molar-refractivity contribution in [3.8, 4) is 0 Å². The van der Waals surface area contributed by atoms with Gasteiger partial charge in [0, 0.05) is 39.2 Å². The summed E-state index contributed by atoms with van der Waals surface area (Å²) in [6.07, 6.45) is 10.3. The van der Waals surface area contributed by atoms with E-state index in [9.17, 15) is 9.90 Å². The largest absolute Gasteiger partial charge is 0.390 e. The Kier molecular flexibility index (Phi) is 6.51. The molecule has 1 aliphatic heterocycles. The van der Waals surface area contributed by atoms with Gasteiger partial charge in [0.2, 0.25) is 0 Å². The number of methoxy groups -OCH3 is 1. The quantitative estimate of drug-likeness (QED) is 0.676. The SMILES string of the molecule is COC[C@]12CC[C@@](C)(O)C[C@@H]1CC[C@@H]1C2CC[C@]2(C)[C@@H](C(=O)CN3CCN(C)CC3)CC[C@@H]12. The second-order valence-corrected chi connectivity index (χ2v) is 13.2. The van der Waals surface area contributed by atoms with Crippen molar-refractivity contribution in [1.29, 1.82) is 0 Å². The molecule has 1 N–H and O–H groups in total. The molecule has 33 heavy (non-hydrogen) atoms. The molecule has 8 atom stereocenters. The molecule has 5 fully saturated rings. The molecule has 4 saturated carbocycles. The van der Waals surface area contributed by atoms with Crippen molar-refractivity contribution >= 4 is 5.78 Å². The van der Waals surface area contributed by atoms with Gasteiger partial charge in [0.25, 0.3) is 0 Å². The molecule has 1 saturated heterocycles. The zero-order valence-electron chi connectivity index (χ0n) is 21.7. The number of fused-ring (bicyclic) bond motifs is 5. The van der Waals surface area contributed by atoms with Gasteiger partial charge in [-0.1, -0.05) is 6.92 Å². The van der Waals surface area contributed by atoms with Crippen molar-refractivity contribution in [3.63, 3.8) is 0 Å². The van der Waals surface area contributed by atoms with Crippen LogP contribution in [-0.2, 0) is 9.53 Å². The lowest BCUT2D eigenvalue weighted by atomic mass is 9.43. The number of carbonyl (C=O) groups is 1. The normalized spacial score (nSPS) is 48.7. The second-order valence-electron chi connectivity index (χ2n) is 13.2. The highest BCUT2D eigenvalue weighted by Gasteiger charge is 2.63. The number of ketones is 1. The predicted octanol–water partition coefficient (Wildman–Crippen LogP) is 3.84. The van der Waals surface area contributed by atoms with Gasteiger partial charge >= 0.3 is 0 Å². The monoisotopic (exact) mass is 460 g/mol. The number of rotatable bonds is 5. The lowest BCUT2D eigenvalue weighted by molar-refractivity contribution is -0.175. The standard InChI is InChI=1S/C28H48N2O3/c1-26(32)11-12-28(19-33-4)20(17-26)5-6-21-22-7-8-24(27(22,2)10-9-23(21)28)25(31)18-30-15-13-29(3)14-16-30/h20-24,32H,5-19H2,1-4H3/t20-,21-,22-,23?,24+,26+,27-,28+/m0/s1. The van der Waals surface area contributed by atoms with Gasteiger partial charge in [0.1, 0.15) is 5.78 Å². The summed E-state index contributed by atoms with van der Waals surface area (Å²) in [5, 5.41) is 10.8. The van der Waals surface area contributed by atoms with E-state index in [1.165, 1.54) is 32.1 Å². The number of carbonyl (C=O) groups excluding carboxylic acids is 1. The number of hydrogen-bond donors (Lipinski definition) is 1. The van der Waals surface area contributed by atoms with E-state index in [0.29, 0.717) is 30.1 Å². The van der Waals surface area contributed by atoms with Crippen LogP contribution >= 0.6 is 0 Å². The van der Waals surface area contributed by atoms with Gasteiger partial charge in [-0.25, -0.2) is 0 Å². The molecule has 0 spiro atoms. The van der Waals surface area contributed by atoms with E-state index in [2.05, 4.69) is 23.8 Å². The van der Waals surface area contributed by atoms with Crippen LogP contribution in [0.5, 0.6) is 0 Å². The topological polar surface area (TPSA) is 53.0 Å². The molecular weight excluding hydrogens is 412 g/mol. The molecule has 5 aliphatic rings. The van der Waals surface area contributed by atoms with Gasteiger partial charge in [-0.3, -0.25) is 9.69 Å². The van der Waals surface area contributed by atoms with Crippen LogP contribution in [0, 0.1) is 40.4 Å². The van der Waals surface area contributed by atoms with Gasteiger partial charge in [-0.2, -0.15) is 0 Å². The minimum absolute atomic E-state index is 0.187. The Bertz CT molecular complexity index is 733. The molecule has 0 aromatic heterocycles. The van der Waals surface area contributed by atoms with E-state index in [1.807, 2.05) is 14.0 Å². The summed E-state index contributed by atoms with van der Waals surface area (Å²) in [6, 6.07) is 0. The van der Waals surface area contributed by atoms with Crippen molar-refractivity contribution < 1.29 is 14.6 Å². The van der Waals surface area contributed by atoms with Crippen LogP contribution in [0.15, 0.2) is 0 Å². The number of aliphatic hydroxyl groups is 1. The average Bonchev–Trinajstić information content (AvgIpc) is 3.13. The lowest BCUT2D eigenvalue weighted by Gasteiger charge is -2.62. The second kappa shape index (κ2) is 8.87. The zero-order chi connectivity index (χ0) is 23.4. The minimum Gasteiger partial charge on any atom is -0.390 e. The summed E-state index contributed by atoms with van der Waals surface area (Å²) in [5.41, 5.74) is -0.0820. The van der Waals surface area contributed by atoms with Crippen LogP contribution in [0.25, 0.3) is 0 Å². The molecule has 0 bridgehead atoms. The molecule has 4 aliphatic carbocycles. The Morgan fingerprint density at radius 3 is 2.45 bits per heavy atom. The molecule has 188 valence electrons. The number of nitrogens with zero attached hydrogens (tertiary/aromatic N) is 2. The van der Waals surface area contributed by atoms with E-state index in [4.69, 9.17) is 4.74 Å².